The Bertz CT molecular complexity index is 241. The fourth-order valence-electron chi connectivity index (χ4n) is 1.19. The first-order valence-corrected chi connectivity index (χ1v) is 4.35. The van der Waals surface area contributed by atoms with Crippen molar-refractivity contribution in [3.63, 3.8) is 0 Å². The molecule has 0 bridgehead atoms. The Labute approximate surface area is 72.6 Å². The second-order valence-electron chi connectivity index (χ2n) is 3.49. The SMILES string of the molecule is CC(C)c1ccc(C2CO2)cn1. The van der Waals surface area contributed by atoms with Gasteiger partial charge in [-0.25, -0.2) is 0 Å². The molecule has 0 amide bonds. The highest BCUT2D eigenvalue weighted by molar-refractivity contribution is 5.20. The molecular weight excluding hydrogens is 150 g/mol. The average molecular weight is 163 g/mol. The highest BCUT2D eigenvalue weighted by Gasteiger charge is 2.24. The molecule has 2 heterocycles. The molecule has 0 N–H and O–H groups in total. The molecule has 1 aromatic rings. The third kappa shape index (κ3) is 1.48. The van der Waals surface area contributed by atoms with E-state index in [2.05, 4.69) is 31.0 Å². The van der Waals surface area contributed by atoms with Crippen LogP contribution in [0.2, 0.25) is 0 Å². The Morgan fingerprint density at radius 1 is 1.50 bits per heavy atom. The molecule has 0 spiro atoms. The van der Waals surface area contributed by atoms with E-state index < -0.39 is 0 Å². The summed E-state index contributed by atoms with van der Waals surface area (Å²) in [4.78, 5) is 4.36. The summed E-state index contributed by atoms with van der Waals surface area (Å²) >= 11 is 0. The van der Waals surface area contributed by atoms with Gasteiger partial charge in [0.1, 0.15) is 6.10 Å². The number of epoxide rings is 1. The van der Waals surface area contributed by atoms with Gasteiger partial charge in [-0.15, -0.1) is 0 Å². The molecule has 0 saturated carbocycles. The Morgan fingerprint density at radius 2 is 2.25 bits per heavy atom. The van der Waals surface area contributed by atoms with Crippen molar-refractivity contribution in [2.45, 2.75) is 25.9 Å². The molecule has 2 rings (SSSR count). The summed E-state index contributed by atoms with van der Waals surface area (Å²) < 4.78 is 5.15. The van der Waals surface area contributed by atoms with Crippen LogP contribution in [0.25, 0.3) is 0 Å². The van der Waals surface area contributed by atoms with Gasteiger partial charge < -0.3 is 4.74 Å². The van der Waals surface area contributed by atoms with Crippen LogP contribution in [0.5, 0.6) is 0 Å². The van der Waals surface area contributed by atoms with Gasteiger partial charge in [0.05, 0.1) is 6.61 Å². The van der Waals surface area contributed by atoms with Crippen LogP contribution in [0.3, 0.4) is 0 Å². The standard InChI is InChI=1S/C10H13NO/c1-7(2)9-4-3-8(5-11-9)10-6-12-10/h3-5,7,10H,6H2,1-2H3. The van der Waals surface area contributed by atoms with Gasteiger partial charge in [-0.1, -0.05) is 19.9 Å². The Hall–Kier alpha value is -0.890. The molecule has 2 nitrogen and oxygen atoms in total. The first-order valence-electron chi connectivity index (χ1n) is 4.35. The van der Waals surface area contributed by atoms with Gasteiger partial charge in [0, 0.05) is 17.5 Å². The second-order valence-corrected chi connectivity index (χ2v) is 3.49. The molecule has 2 heteroatoms. The molecule has 64 valence electrons. The van der Waals surface area contributed by atoms with E-state index >= 15 is 0 Å². The molecule has 0 radical (unpaired) electrons. The van der Waals surface area contributed by atoms with Crippen LogP contribution in [-0.2, 0) is 4.74 Å². The molecule has 1 aliphatic heterocycles. The van der Waals surface area contributed by atoms with Crippen LogP contribution in [0.4, 0.5) is 0 Å². The Balaban J connectivity index is 2.18. The molecule has 1 aromatic heterocycles. The van der Waals surface area contributed by atoms with Gasteiger partial charge in [0.15, 0.2) is 0 Å². The quantitative estimate of drug-likeness (QED) is 0.625. The summed E-state index contributed by atoms with van der Waals surface area (Å²) in [5.41, 5.74) is 2.36. The fraction of sp³-hybridized carbons (Fsp3) is 0.500. The highest BCUT2D eigenvalue weighted by atomic mass is 16.6. The van der Waals surface area contributed by atoms with Crippen molar-refractivity contribution in [1.82, 2.24) is 4.98 Å². The van der Waals surface area contributed by atoms with Crippen LogP contribution < -0.4 is 0 Å². The van der Waals surface area contributed by atoms with Crippen LogP contribution >= 0.6 is 0 Å². The van der Waals surface area contributed by atoms with Crippen molar-refractivity contribution >= 4 is 0 Å². The zero-order valence-corrected chi connectivity index (χ0v) is 7.45. The average Bonchev–Trinajstić information content (AvgIpc) is 2.87. The summed E-state index contributed by atoms with van der Waals surface area (Å²) in [6.45, 7) is 5.16. The van der Waals surface area contributed by atoms with Crippen LogP contribution in [-0.4, -0.2) is 11.6 Å². The third-order valence-electron chi connectivity index (χ3n) is 2.11. The number of ether oxygens (including phenoxy) is 1. The molecule has 1 unspecified atom stereocenters. The van der Waals surface area contributed by atoms with Crippen molar-refractivity contribution in [1.29, 1.82) is 0 Å². The molecule has 0 aliphatic carbocycles. The second kappa shape index (κ2) is 2.87. The van der Waals surface area contributed by atoms with Crippen molar-refractivity contribution in [3.05, 3.63) is 29.6 Å². The molecule has 12 heavy (non-hydrogen) atoms. The topological polar surface area (TPSA) is 25.4 Å². The lowest BCUT2D eigenvalue weighted by molar-refractivity contribution is 0.415. The maximum atomic E-state index is 5.15. The molecule has 1 fully saturated rings. The van der Waals surface area contributed by atoms with Crippen LogP contribution in [0, 0.1) is 0 Å². The maximum absolute atomic E-state index is 5.15. The lowest BCUT2D eigenvalue weighted by Gasteiger charge is -2.03. The van der Waals surface area contributed by atoms with E-state index in [0.29, 0.717) is 12.0 Å². The Kier molecular flexibility index (Phi) is 1.85. The van der Waals surface area contributed by atoms with Gasteiger partial charge in [0.2, 0.25) is 0 Å². The largest absolute Gasteiger partial charge is 0.368 e. The number of hydrogen-bond acceptors (Lipinski definition) is 2. The molecular formula is C10H13NO. The van der Waals surface area contributed by atoms with E-state index in [-0.39, 0.29) is 0 Å². The minimum Gasteiger partial charge on any atom is -0.368 e. The van der Waals surface area contributed by atoms with Crippen molar-refractivity contribution < 1.29 is 4.74 Å². The highest BCUT2D eigenvalue weighted by Crippen LogP contribution is 2.29. The summed E-state index contributed by atoms with van der Waals surface area (Å²) in [5, 5.41) is 0. The number of rotatable bonds is 2. The van der Waals surface area contributed by atoms with Gasteiger partial charge in [-0.05, 0) is 12.0 Å². The van der Waals surface area contributed by atoms with Gasteiger partial charge in [0.25, 0.3) is 0 Å². The smallest absolute Gasteiger partial charge is 0.107 e. The maximum Gasteiger partial charge on any atom is 0.107 e. The van der Waals surface area contributed by atoms with Gasteiger partial charge in [-0.2, -0.15) is 0 Å². The minimum atomic E-state index is 0.332. The lowest BCUT2D eigenvalue weighted by Crippen LogP contribution is -1.92. The summed E-state index contributed by atoms with van der Waals surface area (Å²) in [5.74, 6) is 0.513. The first-order chi connectivity index (χ1) is 5.77. The predicted molar refractivity (Wildman–Crippen MR) is 47.0 cm³/mol. The fourth-order valence-corrected chi connectivity index (χ4v) is 1.19. The van der Waals surface area contributed by atoms with Gasteiger partial charge in [-0.3, -0.25) is 4.98 Å². The summed E-state index contributed by atoms with van der Waals surface area (Å²) in [7, 11) is 0. The number of nitrogens with zero attached hydrogens (tertiary/aromatic N) is 1. The zero-order chi connectivity index (χ0) is 8.55. The van der Waals surface area contributed by atoms with E-state index in [1.807, 2.05) is 6.20 Å². The number of aromatic nitrogens is 1. The Morgan fingerprint density at radius 3 is 2.67 bits per heavy atom. The minimum absolute atomic E-state index is 0.332. The molecule has 0 aromatic carbocycles. The van der Waals surface area contributed by atoms with E-state index in [1.54, 1.807) is 0 Å². The van der Waals surface area contributed by atoms with E-state index in [4.69, 9.17) is 4.74 Å². The predicted octanol–water partition coefficient (Wildman–Crippen LogP) is 2.28. The van der Waals surface area contributed by atoms with E-state index in [0.717, 1.165) is 12.3 Å². The van der Waals surface area contributed by atoms with Crippen molar-refractivity contribution in [3.8, 4) is 0 Å². The van der Waals surface area contributed by atoms with Gasteiger partial charge >= 0.3 is 0 Å². The van der Waals surface area contributed by atoms with Crippen molar-refractivity contribution in [2.24, 2.45) is 0 Å². The zero-order valence-electron chi connectivity index (χ0n) is 7.45. The normalized spacial score (nSPS) is 21.4. The monoisotopic (exact) mass is 163 g/mol. The molecule has 1 aliphatic rings. The van der Waals surface area contributed by atoms with E-state index in [1.165, 1.54) is 5.56 Å². The molecule has 1 saturated heterocycles. The lowest BCUT2D eigenvalue weighted by atomic mass is 10.1. The first kappa shape index (κ1) is 7.74. The van der Waals surface area contributed by atoms with Crippen molar-refractivity contribution in [2.75, 3.05) is 6.61 Å². The third-order valence-corrected chi connectivity index (χ3v) is 2.11. The van der Waals surface area contributed by atoms with E-state index in [9.17, 15) is 0 Å². The number of pyridine rings is 1. The molecule has 1 atom stereocenters. The van der Waals surface area contributed by atoms with Crippen LogP contribution in [0.15, 0.2) is 18.3 Å². The van der Waals surface area contributed by atoms with Crippen LogP contribution in [0.1, 0.15) is 37.1 Å². The summed E-state index contributed by atoms with van der Waals surface area (Å²) in [6.07, 6.45) is 2.26. The number of hydrogen-bond donors (Lipinski definition) is 0. The summed E-state index contributed by atoms with van der Waals surface area (Å²) in [6, 6.07) is 4.20.